The zero-order valence-corrected chi connectivity index (χ0v) is 25.6. The Bertz CT molecular complexity index is 2380. The first-order valence-corrected chi connectivity index (χ1v) is 16.2. The van der Waals surface area contributed by atoms with Crippen molar-refractivity contribution in [1.82, 2.24) is 9.38 Å². The molecule has 0 saturated carbocycles. The minimum atomic E-state index is -0.421. The smallest absolute Gasteiger partial charge is 0.140 e. The zero-order valence-electron chi connectivity index (χ0n) is 25.6. The highest BCUT2D eigenvalue weighted by molar-refractivity contribution is 5.96. The quantitative estimate of drug-likeness (QED) is 0.201. The summed E-state index contributed by atoms with van der Waals surface area (Å²) >= 11 is 0. The van der Waals surface area contributed by atoms with Gasteiger partial charge in [-0.15, -0.1) is 0 Å². The van der Waals surface area contributed by atoms with Gasteiger partial charge in [0.2, 0.25) is 0 Å². The molecule has 47 heavy (non-hydrogen) atoms. The minimum absolute atomic E-state index is 0.421. The van der Waals surface area contributed by atoms with E-state index in [2.05, 4.69) is 185 Å². The second-order valence-electron chi connectivity index (χ2n) is 12.4. The number of rotatable bonds is 3. The molecule has 2 aromatic heterocycles. The monoisotopic (exact) mass is 599 g/mol. The molecule has 8 aromatic rings. The molecule has 220 valence electrons. The van der Waals surface area contributed by atoms with Gasteiger partial charge in [-0.05, 0) is 51.6 Å². The summed E-state index contributed by atoms with van der Waals surface area (Å²) < 4.78 is 2.23. The molecule has 3 heterocycles. The van der Waals surface area contributed by atoms with Crippen LogP contribution in [0.25, 0.3) is 39.3 Å². The average Bonchev–Trinajstić information content (AvgIpc) is 3.67. The molecule has 0 fully saturated rings. The third-order valence-corrected chi connectivity index (χ3v) is 10.0. The highest BCUT2D eigenvalue weighted by Crippen LogP contribution is 2.63. The first-order valence-electron chi connectivity index (χ1n) is 16.2. The molecule has 1 aliphatic carbocycles. The lowest BCUT2D eigenvalue weighted by Gasteiger charge is -2.45. The first-order chi connectivity index (χ1) is 23.3. The summed E-state index contributed by atoms with van der Waals surface area (Å²) in [5.41, 5.74) is 16.1. The fraction of sp³-hybridized carbons (Fsp3) is 0.0227. The van der Waals surface area contributed by atoms with Gasteiger partial charge in [-0.25, -0.2) is 4.98 Å². The van der Waals surface area contributed by atoms with Crippen molar-refractivity contribution in [3.05, 3.63) is 198 Å². The van der Waals surface area contributed by atoms with Crippen LogP contribution < -0.4 is 4.90 Å². The number of nitrogens with zero attached hydrogens (tertiary/aromatic N) is 3. The lowest BCUT2D eigenvalue weighted by Crippen LogP contribution is -2.36. The Morgan fingerprint density at radius 3 is 1.53 bits per heavy atom. The van der Waals surface area contributed by atoms with Crippen LogP contribution in [0.3, 0.4) is 0 Å². The van der Waals surface area contributed by atoms with Crippen molar-refractivity contribution in [3.8, 4) is 33.6 Å². The Morgan fingerprint density at radius 1 is 0.447 bits per heavy atom. The first kappa shape index (κ1) is 26.1. The van der Waals surface area contributed by atoms with E-state index in [9.17, 15) is 0 Å². The molecule has 1 aliphatic heterocycles. The van der Waals surface area contributed by atoms with E-state index in [0.717, 1.165) is 33.8 Å². The molecule has 0 bridgehead atoms. The lowest BCUT2D eigenvalue weighted by atomic mass is 9.64. The van der Waals surface area contributed by atoms with E-state index in [0.29, 0.717) is 0 Å². The van der Waals surface area contributed by atoms with Crippen molar-refractivity contribution in [2.45, 2.75) is 5.41 Å². The topological polar surface area (TPSA) is 20.5 Å². The standard InChI is InChI=1S/C44H29N3/c1-3-15-30(16-4-1)42-43(31-17-5-2-6-18-31)46-28-27-32(29-41(46)45-42)47-39-25-13-11-23-37(39)44(38-24-12-14-26-40(38)47)35-21-9-7-19-33(35)34-20-8-10-22-36(34)44/h1-29H. The molecule has 0 N–H and O–H groups in total. The number of anilines is 3. The lowest BCUT2D eigenvalue weighted by molar-refractivity contribution is 0.752. The Labute approximate surface area is 273 Å². The van der Waals surface area contributed by atoms with Crippen LogP contribution in [-0.4, -0.2) is 9.38 Å². The van der Waals surface area contributed by atoms with Gasteiger partial charge in [-0.2, -0.15) is 0 Å². The highest BCUT2D eigenvalue weighted by atomic mass is 15.2. The van der Waals surface area contributed by atoms with Crippen LogP contribution in [0.5, 0.6) is 0 Å². The fourth-order valence-corrected chi connectivity index (χ4v) is 8.18. The summed E-state index contributed by atoms with van der Waals surface area (Å²) in [6.07, 6.45) is 2.18. The minimum Gasteiger partial charge on any atom is -0.310 e. The van der Waals surface area contributed by atoms with Crippen molar-refractivity contribution >= 4 is 22.7 Å². The second-order valence-corrected chi connectivity index (χ2v) is 12.4. The number of imidazole rings is 1. The van der Waals surface area contributed by atoms with Crippen LogP contribution in [0.1, 0.15) is 22.3 Å². The number of fused-ring (bicyclic) bond motifs is 10. The number of hydrogen-bond acceptors (Lipinski definition) is 2. The summed E-state index contributed by atoms with van der Waals surface area (Å²) in [5.74, 6) is 0. The third kappa shape index (κ3) is 3.54. The maximum Gasteiger partial charge on any atom is 0.140 e. The maximum absolute atomic E-state index is 5.29. The van der Waals surface area contributed by atoms with Gasteiger partial charge in [0, 0.05) is 23.4 Å². The Balaban J connectivity index is 1.24. The summed E-state index contributed by atoms with van der Waals surface area (Å²) in [7, 11) is 0. The number of benzene rings is 6. The van der Waals surface area contributed by atoms with E-state index in [-0.39, 0.29) is 0 Å². The van der Waals surface area contributed by atoms with E-state index < -0.39 is 5.41 Å². The molecule has 0 unspecified atom stereocenters. The largest absolute Gasteiger partial charge is 0.310 e. The predicted octanol–water partition coefficient (Wildman–Crippen LogP) is 10.8. The second kappa shape index (κ2) is 9.90. The summed E-state index contributed by atoms with van der Waals surface area (Å²) in [6, 6.07) is 61.3. The van der Waals surface area contributed by atoms with Crippen molar-refractivity contribution in [2.75, 3.05) is 4.90 Å². The van der Waals surface area contributed by atoms with E-state index in [4.69, 9.17) is 4.98 Å². The summed E-state index contributed by atoms with van der Waals surface area (Å²) in [6.45, 7) is 0. The van der Waals surface area contributed by atoms with Crippen molar-refractivity contribution in [2.24, 2.45) is 0 Å². The Morgan fingerprint density at radius 2 is 0.936 bits per heavy atom. The molecule has 3 nitrogen and oxygen atoms in total. The molecular weight excluding hydrogens is 571 g/mol. The molecule has 0 atom stereocenters. The van der Waals surface area contributed by atoms with Crippen LogP contribution in [0.2, 0.25) is 0 Å². The van der Waals surface area contributed by atoms with Crippen molar-refractivity contribution < 1.29 is 0 Å². The number of pyridine rings is 1. The maximum atomic E-state index is 5.29. The summed E-state index contributed by atoms with van der Waals surface area (Å²) in [4.78, 5) is 7.72. The summed E-state index contributed by atoms with van der Waals surface area (Å²) in [5, 5.41) is 0. The fourth-order valence-electron chi connectivity index (χ4n) is 8.18. The van der Waals surface area contributed by atoms with Gasteiger partial charge in [-0.1, -0.05) is 146 Å². The van der Waals surface area contributed by atoms with Crippen LogP contribution in [-0.2, 0) is 5.41 Å². The molecular formula is C44H29N3. The normalized spacial score (nSPS) is 13.7. The van der Waals surface area contributed by atoms with Gasteiger partial charge in [0.05, 0.1) is 33.9 Å². The van der Waals surface area contributed by atoms with Crippen LogP contribution >= 0.6 is 0 Å². The average molecular weight is 600 g/mol. The number of para-hydroxylation sites is 2. The van der Waals surface area contributed by atoms with Crippen LogP contribution in [0.15, 0.2) is 176 Å². The van der Waals surface area contributed by atoms with E-state index >= 15 is 0 Å². The van der Waals surface area contributed by atoms with E-state index in [1.165, 1.54) is 44.8 Å². The molecule has 3 heteroatoms. The number of hydrogen-bond donors (Lipinski definition) is 0. The Hall–Kier alpha value is -6.19. The van der Waals surface area contributed by atoms with E-state index in [1.54, 1.807) is 0 Å². The molecule has 0 radical (unpaired) electrons. The van der Waals surface area contributed by atoms with Gasteiger partial charge >= 0.3 is 0 Å². The predicted molar refractivity (Wildman–Crippen MR) is 192 cm³/mol. The third-order valence-electron chi connectivity index (χ3n) is 10.0. The Kier molecular flexibility index (Phi) is 5.49. The van der Waals surface area contributed by atoms with Gasteiger partial charge < -0.3 is 4.90 Å². The van der Waals surface area contributed by atoms with Crippen molar-refractivity contribution in [3.63, 3.8) is 0 Å². The van der Waals surface area contributed by atoms with Crippen LogP contribution in [0, 0.1) is 0 Å². The van der Waals surface area contributed by atoms with Crippen LogP contribution in [0.4, 0.5) is 17.1 Å². The van der Waals surface area contributed by atoms with E-state index in [1.807, 2.05) is 0 Å². The van der Waals surface area contributed by atoms with Gasteiger partial charge in [0.15, 0.2) is 0 Å². The number of aromatic nitrogens is 2. The molecule has 0 amide bonds. The molecule has 2 aliphatic rings. The SMILES string of the molecule is c1ccc(-c2nc3cc(N4c5ccccc5C5(c6ccccc6-c6ccccc65)c5ccccc54)ccn3c2-c2ccccc2)cc1. The molecule has 10 rings (SSSR count). The highest BCUT2D eigenvalue weighted by Gasteiger charge is 2.51. The molecule has 0 saturated heterocycles. The van der Waals surface area contributed by atoms with Crippen molar-refractivity contribution in [1.29, 1.82) is 0 Å². The van der Waals surface area contributed by atoms with Gasteiger partial charge in [0.1, 0.15) is 5.65 Å². The zero-order chi connectivity index (χ0) is 31.0. The van der Waals surface area contributed by atoms with Gasteiger partial charge in [-0.3, -0.25) is 4.40 Å². The van der Waals surface area contributed by atoms with Gasteiger partial charge in [0.25, 0.3) is 0 Å². The molecule has 1 spiro atoms. The molecule has 6 aromatic carbocycles.